The van der Waals surface area contributed by atoms with Crippen LogP contribution in [0, 0.1) is 17.0 Å². The van der Waals surface area contributed by atoms with Gasteiger partial charge in [0.2, 0.25) is 0 Å². The van der Waals surface area contributed by atoms with Crippen molar-refractivity contribution in [3.8, 4) is 28.8 Å². The summed E-state index contributed by atoms with van der Waals surface area (Å²) in [4.78, 5) is 11.1. The SMILES string of the molecule is Cc1nn(-c2ccccc2)c([O-])c1N=Nc1cc([N+](=O)[O-])cc(S(=O)(=O)O)c1[O-].O=S(=O)([O-])c1ccc(N=Nc2ccc([O-])c(C=Nc3cc(Cl)cc(S(=O)(=O)[O-])c3[O-])c2)cc1.[Cr+3].[Na+].[Na+].[Na+].[Na+]. The molecule has 0 fully saturated rings. The number of hydrogen-bond donors (Lipinski definition) is 1. The molecule has 32 heteroatoms. The molecule has 1 N–H and O–H groups in total. The van der Waals surface area contributed by atoms with Crippen molar-refractivity contribution in [1.29, 1.82) is 0 Å². The number of rotatable bonds is 11. The molecule has 0 amide bonds. The average Bonchev–Trinajstić information content (AvgIpc) is 3.48. The van der Waals surface area contributed by atoms with E-state index in [1.165, 1.54) is 31.2 Å². The molecule has 0 aliphatic carbocycles. The van der Waals surface area contributed by atoms with Crippen LogP contribution in [-0.2, 0) is 47.7 Å². The zero-order valence-electron chi connectivity index (χ0n) is 35.1. The number of aryl methyl sites for hydroxylation is 1. The second kappa shape index (κ2) is 27.1. The zero-order chi connectivity index (χ0) is 45.7. The van der Waals surface area contributed by atoms with Crippen molar-refractivity contribution in [2.45, 2.75) is 21.6 Å². The second-order valence-electron chi connectivity index (χ2n) is 12.0. The van der Waals surface area contributed by atoms with Crippen molar-refractivity contribution in [2.75, 3.05) is 0 Å². The molecule has 1 aromatic heterocycles. The number of azo groups is 2. The van der Waals surface area contributed by atoms with Gasteiger partial charge in [0.25, 0.3) is 15.8 Å². The first-order valence-corrected chi connectivity index (χ1v) is 21.1. The Kier molecular flexibility index (Phi) is 26.0. The fourth-order valence-corrected chi connectivity index (χ4v) is 6.83. The standard InChI is InChI=1S/C19H14ClN3O8S2.C16H13N5O7S.Cr.4Na/c20-12-8-16(19(25)18(9-12)33(29,30)31)21-10-11-7-14(3-6-17(11)24)23-22-13-1-4-15(5-2-13)32(26,27)28;1-9-14(16(23)20(19-9)10-5-3-2-4-6-10)18-17-12-7-11(21(24)25)8-13(15(12)22)29(26,27)28;;;;;/h1-10,24-25H,(H,26,27,28)(H,29,30,31);2-8,22-23H,1H3,(H,26,27,28);;;;;/q;;+3;4*+1/p-6. The van der Waals surface area contributed by atoms with Crippen LogP contribution in [-0.4, -0.2) is 59.8 Å². The number of hydrogen-bond acceptors (Lipinski definition) is 20. The zero-order valence-corrected chi connectivity index (χ0v) is 47.5. The van der Waals surface area contributed by atoms with Crippen LogP contribution >= 0.6 is 11.6 Å². The Morgan fingerprint density at radius 2 is 1.27 bits per heavy atom. The van der Waals surface area contributed by atoms with Gasteiger partial charge >= 0.3 is 136 Å². The molecule has 23 nitrogen and oxygen atoms in total. The smallest absolute Gasteiger partial charge is 0.872 e. The van der Waals surface area contributed by atoms with Gasteiger partial charge in [-0.3, -0.25) is 19.7 Å². The van der Waals surface area contributed by atoms with Crippen LogP contribution in [0.4, 0.5) is 34.1 Å². The summed E-state index contributed by atoms with van der Waals surface area (Å²) in [6, 6.07) is 19.6. The molecule has 325 valence electrons. The molecule has 0 unspecified atom stereocenters. The van der Waals surface area contributed by atoms with Crippen molar-refractivity contribution >= 4 is 82.3 Å². The molecule has 0 atom stereocenters. The third-order valence-corrected chi connectivity index (χ3v) is 10.5. The molecular weight excluding hydrogens is 1050 g/mol. The van der Waals surface area contributed by atoms with Crippen molar-refractivity contribution in [2.24, 2.45) is 25.4 Å². The maximum atomic E-state index is 12.5. The minimum absolute atomic E-state index is 0. The number of non-ortho nitro benzene ring substituents is 1. The third kappa shape index (κ3) is 17.3. The Morgan fingerprint density at radius 3 is 1.82 bits per heavy atom. The first-order valence-electron chi connectivity index (χ1n) is 16.4. The number of halogens is 1. The van der Waals surface area contributed by atoms with Gasteiger partial charge in [-0.25, -0.2) is 21.5 Å². The maximum Gasteiger partial charge on any atom is 3.00 e. The molecule has 0 bridgehead atoms. The Labute approximate surface area is 484 Å². The van der Waals surface area contributed by atoms with Gasteiger partial charge in [0.15, 0.2) is 0 Å². The van der Waals surface area contributed by atoms with Crippen LogP contribution in [0.25, 0.3) is 5.69 Å². The summed E-state index contributed by atoms with van der Waals surface area (Å²) in [6.07, 6.45) is 0.976. The van der Waals surface area contributed by atoms with E-state index in [1.54, 1.807) is 30.3 Å². The number of aromatic nitrogens is 2. The quantitative estimate of drug-likeness (QED) is 0.0314. The van der Waals surface area contributed by atoms with Gasteiger partial charge in [-0.2, -0.15) is 28.9 Å². The number of para-hydroxylation sites is 1. The van der Waals surface area contributed by atoms with E-state index in [0.29, 0.717) is 23.9 Å². The molecule has 67 heavy (non-hydrogen) atoms. The van der Waals surface area contributed by atoms with E-state index in [4.69, 9.17) is 16.2 Å². The fourth-order valence-electron chi connectivity index (χ4n) is 4.88. The van der Waals surface area contributed by atoms with Crippen LogP contribution in [0.5, 0.6) is 23.1 Å². The van der Waals surface area contributed by atoms with Gasteiger partial charge in [-0.05, 0) is 73.2 Å². The minimum Gasteiger partial charge on any atom is -0.872 e. The first kappa shape index (κ1) is 64.3. The summed E-state index contributed by atoms with van der Waals surface area (Å²) in [5, 5.41) is 78.7. The summed E-state index contributed by atoms with van der Waals surface area (Å²) in [5.74, 6) is -3.64. The number of aliphatic imine (C=N–C) groups is 1. The summed E-state index contributed by atoms with van der Waals surface area (Å²) < 4.78 is 99.2. The molecule has 0 saturated heterocycles. The first-order chi connectivity index (χ1) is 28.9. The largest absolute Gasteiger partial charge is 3.00 e. The van der Waals surface area contributed by atoms with Crippen molar-refractivity contribution in [3.05, 3.63) is 123 Å². The van der Waals surface area contributed by atoms with Gasteiger partial charge in [0, 0.05) is 29.2 Å². The summed E-state index contributed by atoms with van der Waals surface area (Å²) >= 11 is 5.74. The van der Waals surface area contributed by atoms with E-state index >= 15 is 0 Å². The van der Waals surface area contributed by atoms with Gasteiger partial charge in [-0.1, -0.05) is 53.1 Å². The average molecular weight is 1070 g/mol. The number of benzene rings is 5. The fraction of sp³-hybridized carbons (Fsp3) is 0.0286. The second-order valence-corrected chi connectivity index (χ2v) is 16.6. The molecule has 6 aromatic rings. The van der Waals surface area contributed by atoms with Crippen molar-refractivity contribution in [3.63, 3.8) is 0 Å². The van der Waals surface area contributed by atoms with Crippen LogP contribution in [0.1, 0.15) is 11.3 Å². The van der Waals surface area contributed by atoms with E-state index in [2.05, 4.69) is 30.5 Å². The normalized spacial score (nSPS) is 11.3. The van der Waals surface area contributed by atoms with E-state index in [9.17, 15) is 64.9 Å². The van der Waals surface area contributed by atoms with Gasteiger partial charge < -0.3 is 29.5 Å². The maximum absolute atomic E-state index is 12.5. The molecular formula is C35H21ClCrN8Na4O15S3+. The molecule has 0 aliphatic rings. The Morgan fingerprint density at radius 1 is 0.701 bits per heavy atom. The topological polar surface area (TPSA) is 384 Å². The van der Waals surface area contributed by atoms with E-state index in [-0.39, 0.29) is 169 Å². The minimum atomic E-state index is -5.08. The van der Waals surface area contributed by atoms with Gasteiger partial charge in [0.1, 0.15) is 25.9 Å². The van der Waals surface area contributed by atoms with Gasteiger partial charge in [-0.15, -0.1) is 5.11 Å². The summed E-state index contributed by atoms with van der Waals surface area (Å²) in [6.45, 7) is 1.46. The molecule has 5 aromatic carbocycles. The van der Waals surface area contributed by atoms with Crippen LogP contribution in [0.3, 0.4) is 0 Å². The van der Waals surface area contributed by atoms with E-state index in [1.807, 2.05) is 0 Å². The molecule has 0 spiro atoms. The van der Waals surface area contributed by atoms with Crippen molar-refractivity contribution < 1.29 is 200 Å². The number of nitro benzene ring substituents is 1. The molecule has 1 heterocycles. The Hall–Kier alpha value is -2.67. The van der Waals surface area contributed by atoms with Crippen LogP contribution < -0.4 is 139 Å². The predicted molar refractivity (Wildman–Crippen MR) is 205 cm³/mol. The van der Waals surface area contributed by atoms with E-state index in [0.717, 1.165) is 35.2 Å². The molecule has 6 rings (SSSR count). The number of nitro groups is 1. The third-order valence-electron chi connectivity index (χ3n) is 7.77. The van der Waals surface area contributed by atoms with Crippen LogP contribution in [0.2, 0.25) is 5.02 Å². The van der Waals surface area contributed by atoms with Crippen molar-refractivity contribution in [1.82, 2.24) is 9.78 Å². The Bertz CT molecular complexity index is 3180. The molecule has 0 aliphatic heterocycles. The Balaban J connectivity index is 0.00000122. The van der Waals surface area contributed by atoms with Crippen LogP contribution in [0.15, 0.2) is 137 Å². The molecule has 0 saturated carbocycles. The summed E-state index contributed by atoms with van der Waals surface area (Å²) in [5.41, 5.74) is -1.25. The van der Waals surface area contributed by atoms with Gasteiger partial charge in [0.05, 0.1) is 53.7 Å². The molecule has 1 radical (unpaired) electrons. The number of nitrogens with zero attached hydrogens (tertiary/aromatic N) is 8. The monoisotopic (exact) mass is 1070 g/mol. The predicted octanol–water partition coefficient (Wildman–Crippen LogP) is -7.63. The van der Waals surface area contributed by atoms with E-state index < -0.39 is 90.2 Å². The summed E-state index contributed by atoms with van der Waals surface area (Å²) in [7, 11) is -14.7.